The predicted octanol–water partition coefficient (Wildman–Crippen LogP) is 1.82. The smallest absolute Gasteiger partial charge is 0.0573 e. The van der Waals surface area contributed by atoms with E-state index in [0.29, 0.717) is 0 Å². The third kappa shape index (κ3) is 4.29. The molecule has 0 saturated carbocycles. The van der Waals surface area contributed by atoms with Gasteiger partial charge < -0.3 is 5.32 Å². The molecule has 0 radical (unpaired) electrons. The van der Waals surface area contributed by atoms with Crippen LogP contribution in [0.4, 0.5) is 0 Å². The average molecular weight is 221 g/mol. The molecule has 0 aliphatic carbocycles. The summed E-state index contributed by atoms with van der Waals surface area (Å²) in [6.07, 6.45) is 1.88. The molecule has 1 rings (SSSR count). The highest BCUT2D eigenvalue weighted by atomic mass is 15.1. The number of aromatic nitrogens is 1. The molecule has 1 aromatic rings. The molecule has 0 aliphatic rings. The van der Waals surface area contributed by atoms with Gasteiger partial charge in [0.2, 0.25) is 0 Å². The summed E-state index contributed by atoms with van der Waals surface area (Å²) in [6, 6.07) is 4.12. The van der Waals surface area contributed by atoms with Crippen molar-refractivity contribution in [1.82, 2.24) is 15.2 Å². The first kappa shape index (κ1) is 13.1. The molecule has 1 aromatic heterocycles. The van der Waals surface area contributed by atoms with Crippen LogP contribution in [0.2, 0.25) is 0 Å². The second kappa shape index (κ2) is 7.36. The van der Waals surface area contributed by atoms with Gasteiger partial charge in [0.05, 0.1) is 5.69 Å². The average Bonchev–Trinajstić information content (AvgIpc) is 2.30. The minimum absolute atomic E-state index is 0.953. The number of likely N-dealkylation sites (N-methyl/N-ethyl adjacent to an activating group) is 2. The molecular formula is C13H23N3. The van der Waals surface area contributed by atoms with Crippen LogP contribution in [0.25, 0.3) is 0 Å². The molecule has 3 heteroatoms. The fourth-order valence-electron chi connectivity index (χ4n) is 1.66. The molecule has 0 aliphatic heterocycles. The van der Waals surface area contributed by atoms with Gasteiger partial charge in [-0.05, 0) is 31.6 Å². The normalized spacial score (nSPS) is 11.0. The number of nitrogens with zero attached hydrogens (tertiary/aromatic N) is 2. The highest BCUT2D eigenvalue weighted by Crippen LogP contribution is 2.06. The van der Waals surface area contributed by atoms with Crippen molar-refractivity contribution in [3.63, 3.8) is 0 Å². The van der Waals surface area contributed by atoms with E-state index in [1.165, 1.54) is 11.3 Å². The molecule has 90 valence electrons. The van der Waals surface area contributed by atoms with Gasteiger partial charge >= 0.3 is 0 Å². The van der Waals surface area contributed by atoms with Crippen molar-refractivity contribution >= 4 is 0 Å². The van der Waals surface area contributed by atoms with Crippen LogP contribution in [0.15, 0.2) is 18.3 Å². The number of hydrogen-bond acceptors (Lipinski definition) is 3. The van der Waals surface area contributed by atoms with Gasteiger partial charge in [0.1, 0.15) is 0 Å². The van der Waals surface area contributed by atoms with E-state index in [4.69, 9.17) is 0 Å². The molecule has 0 aromatic carbocycles. The molecule has 0 fully saturated rings. The Morgan fingerprint density at radius 3 is 2.81 bits per heavy atom. The lowest BCUT2D eigenvalue weighted by molar-refractivity contribution is 0.276. The predicted molar refractivity (Wildman–Crippen MR) is 68.5 cm³/mol. The highest BCUT2D eigenvalue weighted by molar-refractivity contribution is 5.17. The van der Waals surface area contributed by atoms with E-state index in [0.717, 1.165) is 32.7 Å². The highest BCUT2D eigenvalue weighted by Gasteiger charge is 2.05. The molecule has 0 unspecified atom stereocenters. The van der Waals surface area contributed by atoms with Crippen LogP contribution in [-0.2, 0) is 6.54 Å². The topological polar surface area (TPSA) is 28.2 Å². The molecule has 16 heavy (non-hydrogen) atoms. The maximum absolute atomic E-state index is 4.43. The van der Waals surface area contributed by atoms with E-state index in [1.54, 1.807) is 0 Å². The molecule has 0 spiro atoms. The van der Waals surface area contributed by atoms with Gasteiger partial charge in [0.15, 0.2) is 0 Å². The van der Waals surface area contributed by atoms with Crippen molar-refractivity contribution in [2.45, 2.75) is 27.3 Å². The van der Waals surface area contributed by atoms with Crippen LogP contribution < -0.4 is 5.32 Å². The monoisotopic (exact) mass is 221 g/mol. The number of rotatable bonds is 7. The van der Waals surface area contributed by atoms with Crippen LogP contribution in [0, 0.1) is 6.92 Å². The maximum Gasteiger partial charge on any atom is 0.0573 e. The summed E-state index contributed by atoms with van der Waals surface area (Å²) >= 11 is 0. The van der Waals surface area contributed by atoms with Crippen LogP contribution in [0.3, 0.4) is 0 Å². The Morgan fingerprint density at radius 2 is 2.19 bits per heavy atom. The number of nitrogens with one attached hydrogen (secondary N) is 1. The van der Waals surface area contributed by atoms with E-state index in [1.807, 2.05) is 12.3 Å². The van der Waals surface area contributed by atoms with Crippen molar-refractivity contribution in [3.8, 4) is 0 Å². The Balaban J connectivity index is 2.46. The third-order valence-electron chi connectivity index (χ3n) is 2.79. The van der Waals surface area contributed by atoms with Gasteiger partial charge in [-0.1, -0.05) is 19.9 Å². The van der Waals surface area contributed by atoms with E-state index in [9.17, 15) is 0 Å². The number of aryl methyl sites for hydroxylation is 1. The molecule has 0 bridgehead atoms. The summed E-state index contributed by atoms with van der Waals surface area (Å²) < 4.78 is 0. The third-order valence-corrected chi connectivity index (χ3v) is 2.79. The Bertz CT molecular complexity index is 299. The lowest BCUT2D eigenvalue weighted by Crippen LogP contribution is -2.32. The molecule has 0 saturated heterocycles. The van der Waals surface area contributed by atoms with Crippen molar-refractivity contribution in [3.05, 3.63) is 29.6 Å². The zero-order valence-electron chi connectivity index (χ0n) is 10.7. The largest absolute Gasteiger partial charge is 0.316 e. The van der Waals surface area contributed by atoms with Gasteiger partial charge in [-0.15, -0.1) is 0 Å². The Hall–Kier alpha value is -0.930. The van der Waals surface area contributed by atoms with Crippen LogP contribution in [-0.4, -0.2) is 36.1 Å². The summed E-state index contributed by atoms with van der Waals surface area (Å²) in [5.74, 6) is 0. The molecule has 0 amide bonds. The molecular weight excluding hydrogens is 198 g/mol. The van der Waals surface area contributed by atoms with Crippen LogP contribution >= 0.6 is 0 Å². The molecule has 1 N–H and O–H groups in total. The van der Waals surface area contributed by atoms with Crippen molar-refractivity contribution < 1.29 is 0 Å². The van der Waals surface area contributed by atoms with Crippen LogP contribution in [0.5, 0.6) is 0 Å². The first-order chi connectivity index (χ1) is 7.77. The second-order valence-electron chi connectivity index (χ2n) is 3.99. The van der Waals surface area contributed by atoms with Crippen molar-refractivity contribution in [2.24, 2.45) is 0 Å². The number of hydrogen-bond donors (Lipinski definition) is 1. The molecule has 0 atom stereocenters. The number of pyridine rings is 1. The van der Waals surface area contributed by atoms with E-state index in [2.05, 4.69) is 42.0 Å². The van der Waals surface area contributed by atoms with Gasteiger partial charge in [-0.3, -0.25) is 9.88 Å². The summed E-state index contributed by atoms with van der Waals surface area (Å²) in [5.41, 5.74) is 2.48. The summed E-state index contributed by atoms with van der Waals surface area (Å²) in [7, 11) is 0. The molecule has 3 nitrogen and oxygen atoms in total. The SMILES string of the molecule is CCNCCN(CC)Cc1ncccc1C. The lowest BCUT2D eigenvalue weighted by atomic mass is 10.2. The van der Waals surface area contributed by atoms with Crippen LogP contribution in [0.1, 0.15) is 25.1 Å². The first-order valence-electron chi connectivity index (χ1n) is 6.11. The Morgan fingerprint density at radius 1 is 1.38 bits per heavy atom. The maximum atomic E-state index is 4.43. The van der Waals surface area contributed by atoms with Gasteiger partial charge in [0, 0.05) is 25.8 Å². The molecule has 1 heterocycles. The summed E-state index contributed by atoms with van der Waals surface area (Å²) in [6.45, 7) is 11.7. The van der Waals surface area contributed by atoms with Crippen molar-refractivity contribution in [2.75, 3.05) is 26.2 Å². The zero-order valence-corrected chi connectivity index (χ0v) is 10.7. The minimum atomic E-state index is 0.953. The fourth-order valence-corrected chi connectivity index (χ4v) is 1.66. The van der Waals surface area contributed by atoms with E-state index < -0.39 is 0 Å². The second-order valence-corrected chi connectivity index (χ2v) is 3.99. The lowest BCUT2D eigenvalue weighted by Gasteiger charge is -2.20. The van der Waals surface area contributed by atoms with Gasteiger partial charge in [0.25, 0.3) is 0 Å². The zero-order chi connectivity index (χ0) is 11.8. The Kier molecular flexibility index (Phi) is 6.04. The standard InChI is InChI=1S/C13H23N3/c1-4-14-9-10-16(5-2)11-13-12(3)7-6-8-15-13/h6-8,14H,4-5,9-11H2,1-3H3. The minimum Gasteiger partial charge on any atom is -0.316 e. The fraction of sp³-hybridized carbons (Fsp3) is 0.615. The first-order valence-corrected chi connectivity index (χ1v) is 6.11. The summed E-state index contributed by atoms with van der Waals surface area (Å²) in [4.78, 5) is 6.85. The quantitative estimate of drug-likeness (QED) is 0.712. The van der Waals surface area contributed by atoms with E-state index in [-0.39, 0.29) is 0 Å². The van der Waals surface area contributed by atoms with Gasteiger partial charge in [-0.25, -0.2) is 0 Å². The Labute approximate surface area is 98.9 Å². The van der Waals surface area contributed by atoms with Crippen molar-refractivity contribution in [1.29, 1.82) is 0 Å². The van der Waals surface area contributed by atoms with Gasteiger partial charge in [-0.2, -0.15) is 0 Å². The summed E-state index contributed by atoms with van der Waals surface area (Å²) in [5, 5.41) is 3.35. The van der Waals surface area contributed by atoms with E-state index >= 15 is 0 Å².